The molecule has 26 heavy (non-hydrogen) atoms. The van der Waals surface area contributed by atoms with Crippen molar-refractivity contribution in [1.82, 2.24) is 0 Å². The number of unbranched alkanes of at least 4 members (excludes halogenated alkanes) is 1. The third kappa shape index (κ3) is 5.72. The van der Waals surface area contributed by atoms with Gasteiger partial charge in [-0.2, -0.15) is 0 Å². The van der Waals surface area contributed by atoms with Crippen molar-refractivity contribution >= 4 is 5.97 Å². The zero-order valence-corrected chi connectivity index (χ0v) is 15.8. The van der Waals surface area contributed by atoms with E-state index in [1.807, 2.05) is 19.1 Å². The third-order valence-electron chi connectivity index (χ3n) is 5.62. The van der Waals surface area contributed by atoms with Crippen LogP contribution >= 0.6 is 0 Å². The summed E-state index contributed by atoms with van der Waals surface area (Å²) < 4.78 is 8.49. The van der Waals surface area contributed by atoms with Crippen LogP contribution in [0.4, 0.5) is 0 Å². The van der Waals surface area contributed by atoms with E-state index < -0.39 is 18.2 Å². The molecule has 0 amide bonds. The van der Waals surface area contributed by atoms with Crippen LogP contribution in [0.25, 0.3) is 0 Å². The van der Waals surface area contributed by atoms with Crippen LogP contribution < -0.4 is 0 Å². The maximum Gasteiger partial charge on any atom is 0.303 e. The summed E-state index contributed by atoms with van der Waals surface area (Å²) in [6.45, 7) is 3.74. The van der Waals surface area contributed by atoms with Crippen LogP contribution in [0, 0.1) is 35.5 Å². The van der Waals surface area contributed by atoms with Crippen molar-refractivity contribution in [3.8, 4) is 11.8 Å². The molecule has 2 aliphatic rings. The van der Waals surface area contributed by atoms with Gasteiger partial charge in [0.25, 0.3) is 0 Å². The number of rotatable bonds is 8. The first-order valence-electron chi connectivity index (χ1n) is 10.2. The Morgan fingerprint density at radius 3 is 2.96 bits per heavy atom. The molecule has 144 valence electrons. The smallest absolute Gasteiger partial charge is 0.303 e. The Balaban J connectivity index is 1.97. The first-order valence-corrected chi connectivity index (χ1v) is 9.62. The number of carbonyl (C=O) groups is 1. The normalized spacial score (nSPS) is 35.0. The van der Waals surface area contributed by atoms with Gasteiger partial charge in [0.1, 0.15) is 0 Å². The summed E-state index contributed by atoms with van der Waals surface area (Å²) in [6.07, 6.45) is 7.88. The van der Waals surface area contributed by atoms with E-state index in [9.17, 15) is 15.0 Å². The summed E-state index contributed by atoms with van der Waals surface area (Å²) in [7, 11) is 0. The molecule has 7 atom stereocenters. The quantitative estimate of drug-likeness (QED) is 0.351. The monoisotopic (exact) mass is 362 g/mol. The van der Waals surface area contributed by atoms with E-state index in [1.165, 1.54) is 0 Å². The predicted octanol–water partition coefficient (Wildman–Crippen LogP) is 3.54. The first-order chi connectivity index (χ1) is 12.8. The largest absolute Gasteiger partial charge is 0.481 e. The van der Waals surface area contributed by atoms with E-state index in [0.717, 1.165) is 12.0 Å². The van der Waals surface area contributed by atoms with Gasteiger partial charge in [0, 0.05) is 20.1 Å². The number of aliphatic carboxylic acids is 1. The van der Waals surface area contributed by atoms with E-state index >= 15 is 0 Å². The highest BCUT2D eigenvalue weighted by molar-refractivity contribution is 5.66. The van der Waals surface area contributed by atoms with Crippen molar-refractivity contribution < 1.29 is 21.5 Å². The van der Waals surface area contributed by atoms with Crippen molar-refractivity contribution in [1.29, 1.82) is 0 Å². The summed E-state index contributed by atoms with van der Waals surface area (Å²) in [6, 6.07) is 0. The molecule has 3 N–H and O–H groups in total. The summed E-state index contributed by atoms with van der Waals surface area (Å²) >= 11 is 0. The minimum atomic E-state index is -0.787. The van der Waals surface area contributed by atoms with Crippen LogP contribution in [0.3, 0.4) is 0 Å². The molecule has 2 rings (SSSR count). The molecule has 0 aliphatic heterocycles. The number of aliphatic hydroxyl groups excluding tert-OH is 2. The Hall–Kier alpha value is -1.57. The summed E-state index contributed by atoms with van der Waals surface area (Å²) in [4.78, 5) is 10.6. The van der Waals surface area contributed by atoms with Gasteiger partial charge in [0.05, 0.1) is 12.2 Å². The molecule has 0 aromatic rings. The van der Waals surface area contributed by atoms with E-state index in [-0.39, 0.29) is 36.5 Å². The maximum absolute atomic E-state index is 10.6. The van der Waals surface area contributed by atoms with Gasteiger partial charge >= 0.3 is 5.97 Å². The molecule has 0 aromatic carbocycles. The van der Waals surface area contributed by atoms with Crippen LogP contribution in [0.5, 0.6) is 0 Å². The number of fused-ring (bicyclic) bond motifs is 1. The molecule has 0 radical (unpaired) electrons. The highest BCUT2D eigenvalue weighted by Crippen LogP contribution is 2.50. The Morgan fingerprint density at radius 2 is 2.27 bits per heavy atom. The molecule has 4 heteroatoms. The zero-order valence-electron chi connectivity index (χ0n) is 16.8. The van der Waals surface area contributed by atoms with Crippen molar-refractivity contribution in [3.05, 3.63) is 23.8 Å². The van der Waals surface area contributed by atoms with Gasteiger partial charge in [-0.15, -0.1) is 11.8 Å². The highest BCUT2D eigenvalue weighted by Gasteiger charge is 2.44. The minimum Gasteiger partial charge on any atom is -0.481 e. The fourth-order valence-corrected chi connectivity index (χ4v) is 4.05. The lowest BCUT2D eigenvalue weighted by molar-refractivity contribution is -0.137. The van der Waals surface area contributed by atoms with Crippen molar-refractivity contribution in [3.63, 3.8) is 0 Å². The van der Waals surface area contributed by atoms with Crippen molar-refractivity contribution in [2.45, 2.75) is 71.0 Å². The average Bonchev–Trinajstić information content (AvgIpc) is 3.09. The molecule has 0 spiro atoms. The molecule has 0 saturated heterocycles. The van der Waals surface area contributed by atoms with Gasteiger partial charge in [-0.05, 0) is 56.8 Å². The second kappa shape index (κ2) is 9.94. The van der Waals surface area contributed by atoms with Crippen LogP contribution in [0.1, 0.15) is 60.1 Å². The van der Waals surface area contributed by atoms with Gasteiger partial charge < -0.3 is 15.3 Å². The van der Waals surface area contributed by atoms with Crippen LogP contribution in [-0.2, 0) is 4.79 Å². The summed E-state index contributed by atoms with van der Waals surface area (Å²) in [5.74, 6) is 5.41. The molecule has 0 heterocycles. The number of hydrogen-bond donors (Lipinski definition) is 3. The van der Waals surface area contributed by atoms with E-state index in [0.29, 0.717) is 25.7 Å². The van der Waals surface area contributed by atoms with E-state index in [4.69, 9.17) is 6.48 Å². The van der Waals surface area contributed by atoms with Gasteiger partial charge in [0.15, 0.2) is 0 Å². The lowest BCUT2D eigenvalue weighted by Crippen LogP contribution is -2.19. The number of carboxylic acid groups (broad SMARTS) is 1. The highest BCUT2D eigenvalue weighted by atomic mass is 16.4. The lowest BCUT2D eigenvalue weighted by atomic mass is 9.89. The molecular weight excluding hydrogens is 328 g/mol. The second-order valence-corrected chi connectivity index (χ2v) is 7.63. The maximum atomic E-state index is 10.6. The fraction of sp³-hybridized carbons (Fsp3) is 0.682. The molecule has 2 aliphatic carbocycles. The number of allylic oxidation sites excluding steroid dienone is 2. The van der Waals surface area contributed by atoms with Crippen LogP contribution in [0.2, 0.25) is 0 Å². The van der Waals surface area contributed by atoms with Gasteiger partial charge in [-0.3, -0.25) is 4.79 Å². The lowest BCUT2D eigenvalue weighted by Gasteiger charge is -2.19. The molecule has 2 saturated carbocycles. The molecule has 0 aromatic heterocycles. The van der Waals surface area contributed by atoms with Gasteiger partial charge in [0.2, 0.25) is 0 Å². The van der Waals surface area contributed by atoms with E-state index in [1.54, 1.807) is 13.0 Å². The molecule has 4 nitrogen and oxygen atoms in total. The van der Waals surface area contributed by atoms with Crippen molar-refractivity contribution in [2.75, 3.05) is 0 Å². The number of hydrogen-bond acceptors (Lipinski definition) is 3. The Morgan fingerprint density at radius 1 is 1.50 bits per heavy atom. The van der Waals surface area contributed by atoms with Crippen LogP contribution in [-0.4, -0.2) is 33.5 Å². The van der Waals surface area contributed by atoms with Crippen LogP contribution in [0.15, 0.2) is 23.8 Å². The third-order valence-corrected chi connectivity index (χ3v) is 5.62. The minimum absolute atomic E-state index is 0.0353. The Kier molecular flexibility index (Phi) is 7.34. The summed E-state index contributed by atoms with van der Waals surface area (Å²) in [5, 5.41) is 29.5. The molecular formula is C22H32O4. The summed E-state index contributed by atoms with van der Waals surface area (Å²) in [5.41, 5.74) is 1.08. The first kappa shape index (κ1) is 19.2. The van der Waals surface area contributed by atoms with Crippen molar-refractivity contribution in [2.24, 2.45) is 23.7 Å². The van der Waals surface area contributed by atoms with E-state index in [2.05, 4.69) is 11.8 Å². The number of carboxylic acids is 1. The fourth-order valence-electron chi connectivity index (χ4n) is 4.05. The average molecular weight is 363 g/mol. The Labute approximate surface area is 158 Å². The van der Waals surface area contributed by atoms with Gasteiger partial charge in [-0.25, -0.2) is 0 Å². The topological polar surface area (TPSA) is 77.8 Å². The standard InChI is InChI=1S/C22H32O4/c1-3-4-7-15(2)20(23)11-10-18-19-13-16(8-5-6-9-22(25)26)12-17(19)14-21(18)24/h8,10-11,15,17-21,23-24H,5-7,9,12-14H2,1-2H3,(H,25,26)/b11-10+,16-8+/t15?,17-,18+,19-,20+,21+/m0/s1/i12T/t12?,15?,17-,18+,19-,20+,21+. The second-order valence-electron chi connectivity index (χ2n) is 7.63. The van der Waals surface area contributed by atoms with Gasteiger partial charge in [-0.1, -0.05) is 30.7 Å². The number of aliphatic hydroxyl groups is 2. The SMILES string of the molecule is [3H]C1/C(=C\CCCC(=O)O)C[C@@H]2[C@@H](/C=C/[C@@H](O)C(C)CC#CC)[C@H](O)C[C@H]12. The molecule has 2 unspecified atom stereocenters. The Bertz CT molecular complexity index is 630. The molecule has 2 fully saturated rings. The zero-order chi connectivity index (χ0) is 20.0. The molecule has 0 bridgehead atoms. The predicted molar refractivity (Wildman–Crippen MR) is 102 cm³/mol.